The second kappa shape index (κ2) is 10.8. The predicted molar refractivity (Wildman–Crippen MR) is 146 cm³/mol. The Hall–Kier alpha value is -3.42. The lowest BCUT2D eigenvalue weighted by Crippen LogP contribution is -2.47. The number of rotatable bonds is 7. The van der Waals surface area contributed by atoms with Crippen LogP contribution >= 0.6 is 11.6 Å². The molecule has 2 aliphatic rings. The Kier molecular flexibility index (Phi) is 7.41. The third kappa shape index (κ3) is 4.88. The summed E-state index contributed by atoms with van der Waals surface area (Å²) in [4.78, 5) is 24.3. The summed E-state index contributed by atoms with van der Waals surface area (Å²) < 4.78 is 21.9. The quantitative estimate of drug-likeness (QED) is 0.398. The van der Waals surface area contributed by atoms with Crippen LogP contribution in [-0.2, 0) is 16.8 Å². The number of nitrogens with two attached hydrogens (primary N) is 1. The van der Waals surface area contributed by atoms with Gasteiger partial charge in [-0.15, -0.1) is 0 Å². The van der Waals surface area contributed by atoms with Crippen molar-refractivity contribution < 1.29 is 18.7 Å². The van der Waals surface area contributed by atoms with E-state index in [1.54, 1.807) is 19.2 Å². The van der Waals surface area contributed by atoms with E-state index in [-0.39, 0.29) is 29.0 Å². The van der Waals surface area contributed by atoms with Crippen molar-refractivity contribution in [3.63, 3.8) is 0 Å². The summed E-state index contributed by atoms with van der Waals surface area (Å²) in [5.74, 6) is -0.544. The van der Waals surface area contributed by atoms with Gasteiger partial charge in [-0.3, -0.25) is 9.59 Å². The van der Waals surface area contributed by atoms with Crippen LogP contribution in [-0.4, -0.2) is 31.4 Å². The van der Waals surface area contributed by atoms with E-state index in [0.717, 1.165) is 36.8 Å². The van der Waals surface area contributed by atoms with Gasteiger partial charge in [0.2, 0.25) is 11.8 Å². The maximum atomic E-state index is 15.2. The molecule has 0 saturated heterocycles. The van der Waals surface area contributed by atoms with Crippen LogP contribution in [0, 0.1) is 11.7 Å². The first-order valence-electron chi connectivity index (χ1n) is 12.9. The van der Waals surface area contributed by atoms with E-state index < -0.39 is 17.3 Å². The molecule has 1 atom stereocenters. The van der Waals surface area contributed by atoms with Gasteiger partial charge in [0.1, 0.15) is 11.6 Å². The maximum Gasteiger partial charge on any atom is 0.249 e. The Morgan fingerprint density at radius 2 is 1.76 bits per heavy atom. The summed E-state index contributed by atoms with van der Waals surface area (Å²) in [6.07, 6.45) is 3.88. The lowest BCUT2D eigenvalue weighted by molar-refractivity contribution is -0.125. The van der Waals surface area contributed by atoms with E-state index in [4.69, 9.17) is 22.1 Å². The largest absolute Gasteiger partial charge is 0.481 e. The number of benzene rings is 3. The van der Waals surface area contributed by atoms with Crippen molar-refractivity contribution in [3.8, 4) is 16.9 Å². The van der Waals surface area contributed by atoms with Gasteiger partial charge < -0.3 is 21.1 Å². The third-order valence-electron chi connectivity index (χ3n) is 7.84. The average molecular weight is 536 g/mol. The number of carbonyl (C=O) groups excluding carboxylic acids is 2. The second-order valence-corrected chi connectivity index (χ2v) is 10.5. The first kappa shape index (κ1) is 26.2. The summed E-state index contributed by atoms with van der Waals surface area (Å²) in [6.45, 7) is 0.512. The normalized spacial score (nSPS) is 22.4. The summed E-state index contributed by atoms with van der Waals surface area (Å²) in [5, 5.41) is 6.77. The zero-order valence-electron chi connectivity index (χ0n) is 21.2. The van der Waals surface area contributed by atoms with Crippen molar-refractivity contribution in [1.82, 2.24) is 10.6 Å². The topological polar surface area (TPSA) is 93.5 Å². The van der Waals surface area contributed by atoms with Gasteiger partial charge in [0.25, 0.3) is 0 Å². The van der Waals surface area contributed by atoms with Crippen molar-refractivity contribution in [1.29, 1.82) is 0 Å². The molecule has 6 nitrogen and oxygen atoms in total. The smallest absolute Gasteiger partial charge is 0.249 e. The van der Waals surface area contributed by atoms with E-state index >= 15 is 4.39 Å². The number of hydrogen-bond donors (Lipinski definition) is 3. The summed E-state index contributed by atoms with van der Waals surface area (Å²) in [7, 11) is 1.68. The maximum absolute atomic E-state index is 15.2. The number of primary amides is 1. The molecule has 0 spiro atoms. The van der Waals surface area contributed by atoms with Gasteiger partial charge in [-0.25, -0.2) is 4.39 Å². The van der Waals surface area contributed by atoms with Gasteiger partial charge >= 0.3 is 0 Å². The molecular weight excluding hydrogens is 505 g/mol. The number of halogens is 2. The van der Waals surface area contributed by atoms with E-state index in [2.05, 4.69) is 10.6 Å². The fourth-order valence-corrected chi connectivity index (χ4v) is 6.11. The molecule has 3 aromatic rings. The Morgan fingerprint density at radius 1 is 1.03 bits per heavy atom. The van der Waals surface area contributed by atoms with E-state index in [0.29, 0.717) is 29.3 Å². The molecule has 38 heavy (non-hydrogen) atoms. The minimum atomic E-state index is -0.765. The van der Waals surface area contributed by atoms with Crippen molar-refractivity contribution >= 4 is 23.4 Å². The Morgan fingerprint density at radius 3 is 2.45 bits per heavy atom. The molecule has 198 valence electrons. The molecule has 4 N–H and O–H groups in total. The molecule has 2 amide bonds. The van der Waals surface area contributed by atoms with Crippen LogP contribution in [0.3, 0.4) is 0 Å². The second-order valence-electron chi connectivity index (χ2n) is 10.1. The minimum absolute atomic E-state index is 0.0537. The fourth-order valence-electron chi connectivity index (χ4n) is 5.83. The zero-order chi connectivity index (χ0) is 26.9. The highest BCUT2D eigenvalue weighted by atomic mass is 35.5. The van der Waals surface area contributed by atoms with Gasteiger partial charge in [0, 0.05) is 59.2 Å². The lowest BCUT2D eigenvalue weighted by Gasteiger charge is -2.34. The molecule has 8 heteroatoms. The van der Waals surface area contributed by atoms with E-state index in [9.17, 15) is 9.59 Å². The number of carbonyl (C=O) groups is 2. The molecule has 1 heterocycles. The van der Waals surface area contributed by atoms with Crippen molar-refractivity contribution in [2.75, 3.05) is 13.6 Å². The van der Waals surface area contributed by atoms with Crippen LogP contribution < -0.4 is 21.1 Å². The number of fused-ring (bicyclic) bond motifs is 1. The van der Waals surface area contributed by atoms with Crippen LogP contribution in [0.2, 0.25) is 5.02 Å². The highest BCUT2D eigenvalue weighted by Crippen LogP contribution is 2.49. The molecule has 0 aromatic heterocycles. The van der Waals surface area contributed by atoms with Gasteiger partial charge in [-0.2, -0.15) is 0 Å². The number of ether oxygens (including phenoxy) is 1. The molecule has 0 bridgehead atoms. The molecular formula is C30H31ClFN3O3. The molecule has 0 radical (unpaired) electrons. The molecule has 3 aromatic carbocycles. The number of hydrogen-bond acceptors (Lipinski definition) is 4. The summed E-state index contributed by atoms with van der Waals surface area (Å²) in [6, 6.07) is 17.9. The highest BCUT2D eigenvalue weighted by Gasteiger charge is 2.43. The first-order chi connectivity index (χ1) is 18.3. The van der Waals surface area contributed by atoms with Gasteiger partial charge in [0.15, 0.2) is 5.60 Å². The zero-order valence-corrected chi connectivity index (χ0v) is 22.0. The van der Waals surface area contributed by atoms with Crippen LogP contribution in [0.15, 0.2) is 60.7 Å². The van der Waals surface area contributed by atoms with Gasteiger partial charge in [-0.1, -0.05) is 48.0 Å². The Labute approximate surface area is 226 Å². The van der Waals surface area contributed by atoms with Crippen molar-refractivity contribution in [3.05, 3.63) is 88.2 Å². The third-order valence-corrected chi connectivity index (χ3v) is 8.15. The Bertz CT molecular complexity index is 1360. The minimum Gasteiger partial charge on any atom is -0.481 e. The molecule has 1 aliphatic heterocycles. The summed E-state index contributed by atoms with van der Waals surface area (Å²) in [5.41, 5.74) is 7.16. The fraction of sp³-hybridized carbons (Fsp3) is 0.333. The molecule has 1 aliphatic carbocycles. The first-order valence-corrected chi connectivity index (χ1v) is 13.3. The van der Waals surface area contributed by atoms with E-state index in [1.165, 1.54) is 18.2 Å². The van der Waals surface area contributed by atoms with Crippen LogP contribution in [0.1, 0.15) is 47.2 Å². The standard InChI is InChI=1S/C30H31ClFN3O3/c1-34-29(37)18-10-12-20(13-11-18)35-17-30(19-6-3-2-4-7-19)16-22-25(38-30)15-14-23(31)26(22)27-21(28(33)36)8-5-9-24(27)32/h2-9,14-15,18,20,35H,10-13,16-17H2,1H3,(H2,33,36)(H,34,37)/t18?,20?,30-/m1/s1. The lowest BCUT2D eigenvalue weighted by atomic mass is 9.83. The van der Waals surface area contributed by atoms with Crippen LogP contribution in [0.4, 0.5) is 4.39 Å². The van der Waals surface area contributed by atoms with Crippen molar-refractivity contribution in [2.45, 2.75) is 43.7 Å². The van der Waals surface area contributed by atoms with Crippen molar-refractivity contribution in [2.24, 2.45) is 11.7 Å². The van der Waals surface area contributed by atoms with E-state index in [1.807, 2.05) is 30.3 Å². The highest BCUT2D eigenvalue weighted by molar-refractivity contribution is 6.34. The van der Waals surface area contributed by atoms with Gasteiger partial charge in [0.05, 0.1) is 0 Å². The SMILES string of the molecule is CNC(=O)C1CCC(NC[C@@]2(c3ccccc3)Cc3c(ccc(Cl)c3-c3c(F)cccc3C(N)=O)O2)CC1. The molecule has 5 rings (SSSR count). The predicted octanol–water partition coefficient (Wildman–Crippen LogP) is 4.97. The average Bonchev–Trinajstić information content (AvgIpc) is 3.32. The Balaban J connectivity index is 1.49. The number of nitrogens with one attached hydrogen (secondary N) is 2. The monoisotopic (exact) mass is 535 g/mol. The van der Waals surface area contributed by atoms with Gasteiger partial charge in [-0.05, 0) is 55.5 Å². The molecule has 0 unspecified atom stereocenters. The van der Waals surface area contributed by atoms with Crippen LogP contribution in [0.25, 0.3) is 11.1 Å². The number of amides is 2. The summed E-state index contributed by atoms with van der Waals surface area (Å²) >= 11 is 6.66. The van der Waals surface area contributed by atoms with Crippen LogP contribution in [0.5, 0.6) is 5.75 Å². The molecule has 1 saturated carbocycles. The molecule has 1 fully saturated rings.